The van der Waals surface area contributed by atoms with E-state index in [1.54, 1.807) is 0 Å². The topological polar surface area (TPSA) is 61.2 Å². The summed E-state index contributed by atoms with van der Waals surface area (Å²) in [5.41, 5.74) is 1.94. The van der Waals surface area contributed by atoms with Gasteiger partial charge in [0.2, 0.25) is 0 Å². The van der Waals surface area contributed by atoms with Crippen molar-refractivity contribution in [3.63, 3.8) is 0 Å². The number of benzene rings is 1. The van der Waals surface area contributed by atoms with Crippen molar-refractivity contribution in [1.82, 2.24) is 9.78 Å². The Morgan fingerprint density at radius 1 is 1.33 bits per heavy atom. The van der Waals surface area contributed by atoms with Gasteiger partial charge in [-0.3, -0.25) is 9.48 Å². The first-order valence-electron chi connectivity index (χ1n) is 8.96. The lowest BCUT2D eigenvalue weighted by atomic mass is 9.96. The number of aryl methyl sites for hydroxylation is 1. The summed E-state index contributed by atoms with van der Waals surface area (Å²) in [6, 6.07) is 9.44. The van der Waals surface area contributed by atoms with Crippen molar-refractivity contribution < 1.29 is 14.3 Å². The average molecular weight is 403 g/mol. The van der Waals surface area contributed by atoms with Crippen molar-refractivity contribution >= 4 is 44.9 Å². The van der Waals surface area contributed by atoms with E-state index in [1.807, 2.05) is 41.9 Å². The van der Waals surface area contributed by atoms with Crippen LogP contribution in [0.4, 0.5) is 0 Å². The first kappa shape index (κ1) is 18.2. The number of nitrogens with zero attached hydrogens (tertiary/aromatic N) is 2. The van der Waals surface area contributed by atoms with E-state index in [0.29, 0.717) is 29.3 Å². The molecule has 0 unspecified atom stereocenters. The smallest absolute Gasteiger partial charge is 0.349 e. The summed E-state index contributed by atoms with van der Waals surface area (Å²) in [6.07, 6.45) is 2.34. The quantitative estimate of drug-likeness (QED) is 0.589. The fraction of sp³-hybridized carbons (Fsp3) is 0.350. The molecule has 4 rings (SSSR count). The van der Waals surface area contributed by atoms with Crippen LogP contribution in [0.2, 0.25) is 5.02 Å². The van der Waals surface area contributed by atoms with Crippen molar-refractivity contribution in [2.45, 2.75) is 45.3 Å². The Hall–Kier alpha value is -2.18. The number of Topliss-reactive ketones (excluding diaryl/α,β-unsaturated/α-hetero) is 1. The van der Waals surface area contributed by atoms with Gasteiger partial charge in [0.25, 0.3) is 0 Å². The van der Waals surface area contributed by atoms with Gasteiger partial charge in [0.1, 0.15) is 9.71 Å². The highest BCUT2D eigenvalue weighted by Gasteiger charge is 2.27. The maximum absolute atomic E-state index is 12.5. The molecule has 1 atom stereocenters. The number of hydrogen-bond acceptors (Lipinski definition) is 5. The highest BCUT2D eigenvalue weighted by molar-refractivity contribution is 7.20. The van der Waals surface area contributed by atoms with Gasteiger partial charge in [-0.15, -0.1) is 11.3 Å². The maximum atomic E-state index is 12.5. The Balaban J connectivity index is 1.57. The van der Waals surface area contributed by atoms with Crippen molar-refractivity contribution in [1.29, 1.82) is 0 Å². The van der Waals surface area contributed by atoms with Crippen LogP contribution in [0, 0.1) is 6.92 Å². The number of esters is 1. The van der Waals surface area contributed by atoms with Gasteiger partial charge in [-0.05, 0) is 49.9 Å². The van der Waals surface area contributed by atoms with E-state index in [1.165, 1.54) is 11.3 Å². The summed E-state index contributed by atoms with van der Waals surface area (Å²) in [5, 5.41) is 6.22. The molecule has 0 N–H and O–H groups in total. The van der Waals surface area contributed by atoms with Crippen LogP contribution in [0.3, 0.4) is 0 Å². The molecule has 0 spiro atoms. The van der Waals surface area contributed by atoms with Crippen LogP contribution in [0.15, 0.2) is 30.3 Å². The summed E-state index contributed by atoms with van der Waals surface area (Å²) in [7, 11) is 0. The summed E-state index contributed by atoms with van der Waals surface area (Å²) >= 11 is 7.30. The fourth-order valence-corrected chi connectivity index (χ4v) is 4.52. The van der Waals surface area contributed by atoms with Crippen LogP contribution in [0.25, 0.3) is 10.2 Å². The van der Waals surface area contributed by atoms with Crippen LogP contribution in [-0.2, 0) is 16.1 Å². The molecule has 0 radical (unpaired) electrons. The van der Waals surface area contributed by atoms with Crippen molar-refractivity contribution in [3.8, 4) is 0 Å². The second-order valence-corrected chi connectivity index (χ2v) is 8.27. The number of aromatic nitrogens is 2. The molecule has 0 amide bonds. The Labute approximate surface area is 165 Å². The van der Waals surface area contributed by atoms with Gasteiger partial charge in [-0.2, -0.15) is 5.10 Å². The fourth-order valence-electron chi connectivity index (χ4n) is 3.35. The molecule has 0 aliphatic heterocycles. The molecule has 1 aliphatic carbocycles. The lowest BCUT2D eigenvalue weighted by molar-refractivity contribution is -0.129. The van der Waals surface area contributed by atoms with E-state index in [4.69, 9.17) is 16.3 Å². The molecule has 27 heavy (non-hydrogen) atoms. The number of fused-ring (bicyclic) bond motifs is 1. The largest absolute Gasteiger partial charge is 0.450 e. The number of carbonyl (C=O) groups excluding carboxylic acids is 2. The minimum Gasteiger partial charge on any atom is -0.450 e. The van der Waals surface area contributed by atoms with Gasteiger partial charge in [0.05, 0.1) is 12.2 Å². The van der Waals surface area contributed by atoms with E-state index in [-0.39, 0.29) is 5.78 Å². The summed E-state index contributed by atoms with van der Waals surface area (Å²) in [6.45, 7) is 2.52. The van der Waals surface area contributed by atoms with Crippen molar-refractivity contribution in [2.24, 2.45) is 0 Å². The van der Waals surface area contributed by atoms with Gasteiger partial charge in [-0.1, -0.05) is 23.7 Å². The van der Waals surface area contributed by atoms with Crippen molar-refractivity contribution in [3.05, 3.63) is 51.5 Å². The molecule has 1 aromatic carbocycles. The summed E-state index contributed by atoms with van der Waals surface area (Å²) < 4.78 is 7.37. The molecule has 0 saturated heterocycles. The zero-order valence-corrected chi connectivity index (χ0v) is 16.5. The van der Waals surface area contributed by atoms with Crippen LogP contribution < -0.4 is 0 Å². The second-order valence-electron chi connectivity index (χ2n) is 6.81. The molecule has 1 saturated carbocycles. The standard InChI is InChI=1S/C20H19ClN2O3S/c1-12-15-10-18(20(25)26-17-5-3-2-4-16(17)24)27-19(15)23(22-12)11-13-6-8-14(21)9-7-13/h6-10,17H,2-5,11H2,1H3/t17-/m1/s1. The monoisotopic (exact) mass is 402 g/mol. The van der Waals surface area contributed by atoms with Crippen LogP contribution >= 0.6 is 22.9 Å². The van der Waals surface area contributed by atoms with E-state index in [2.05, 4.69) is 5.10 Å². The lowest BCUT2D eigenvalue weighted by Gasteiger charge is -2.20. The number of halogens is 1. The van der Waals surface area contributed by atoms with Crippen LogP contribution in [0.1, 0.15) is 46.6 Å². The Kier molecular flexibility index (Phi) is 5.02. The zero-order valence-electron chi connectivity index (χ0n) is 14.9. The van der Waals surface area contributed by atoms with E-state index in [9.17, 15) is 9.59 Å². The van der Waals surface area contributed by atoms with Gasteiger partial charge >= 0.3 is 5.97 Å². The number of rotatable bonds is 4. The number of thiophene rings is 1. The third kappa shape index (κ3) is 3.77. The molecule has 1 aliphatic rings. The van der Waals surface area contributed by atoms with Gasteiger partial charge < -0.3 is 4.74 Å². The number of hydrogen-bond donors (Lipinski definition) is 0. The van der Waals surface area contributed by atoms with Crippen molar-refractivity contribution in [2.75, 3.05) is 0 Å². The van der Waals surface area contributed by atoms with E-state index < -0.39 is 12.1 Å². The second kappa shape index (κ2) is 7.44. The minimum atomic E-state index is -0.594. The minimum absolute atomic E-state index is 0.0285. The first-order chi connectivity index (χ1) is 13.0. The molecule has 7 heteroatoms. The Morgan fingerprint density at radius 2 is 2.11 bits per heavy atom. The average Bonchev–Trinajstić information content (AvgIpc) is 3.21. The van der Waals surface area contributed by atoms with E-state index in [0.717, 1.165) is 34.3 Å². The highest BCUT2D eigenvalue weighted by atomic mass is 35.5. The molecule has 3 aromatic rings. The third-order valence-corrected chi connectivity index (χ3v) is 6.18. The molecular weight excluding hydrogens is 384 g/mol. The molecule has 2 aromatic heterocycles. The van der Waals surface area contributed by atoms with Crippen LogP contribution in [-0.4, -0.2) is 27.6 Å². The highest BCUT2D eigenvalue weighted by Crippen LogP contribution is 2.30. The van der Waals surface area contributed by atoms with Gasteiger partial charge in [0, 0.05) is 16.8 Å². The SMILES string of the molecule is Cc1nn(Cc2ccc(Cl)cc2)c2sc(C(=O)O[C@@H]3CCCCC3=O)cc12. The molecule has 140 valence electrons. The van der Waals surface area contributed by atoms with E-state index >= 15 is 0 Å². The van der Waals surface area contributed by atoms with Gasteiger partial charge in [-0.25, -0.2) is 4.79 Å². The van der Waals surface area contributed by atoms with Gasteiger partial charge in [0.15, 0.2) is 11.9 Å². The Bertz CT molecular complexity index is 1010. The zero-order chi connectivity index (χ0) is 19.0. The first-order valence-corrected chi connectivity index (χ1v) is 10.2. The lowest BCUT2D eigenvalue weighted by Crippen LogP contribution is -2.29. The molecule has 0 bridgehead atoms. The molecular formula is C20H19ClN2O3S. The molecule has 1 fully saturated rings. The number of ketones is 1. The predicted octanol–water partition coefficient (Wildman–Crippen LogP) is 4.78. The summed E-state index contributed by atoms with van der Waals surface area (Å²) in [4.78, 5) is 25.9. The predicted molar refractivity (Wildman–Crippen MR) is 106 cm³/mol. The number of carbonyl (C=O) groups is 2. The Morgan fingerprint density at radius 3 is 2.85 bits per heavy atom. The summed E-state index contributed by atoms with van der Waals surface area (Å²) in [5.74, 6) is -0.394. The number of ether oxygens (including phenoxy) is 1. The molecule has 5 nitrogen and oxygen atoms in total. The third-order valence-electron chi connectivity index (χ3n) is 4.80. The molecule has 2 heterocycles. The maximum Gasteiger partial charge on any atom is 0.349 e. The normalized spacial score (nSPS) is 17.4. The van der Waals surface area contributed by atoms with Crippen LogP contribution in [0.5, 0.6) is 0 Å².